The van der Waals surface area contributed by atoms with Gasteiger partial charge < -0.3 is 5.21 Å². The lowest BCUT2D eigenvalue weighted by Gasteiger charge is -2.26. The van der Waals surface area contributed by atoms with Gasteiger partial charge in [0.15, 0.2) is 0 Å². The first-order valence-electron chi connectivity index (χ1n) is 6.28. The number of oxime groups is 1. The average molecular weight is 315 g/mol. The van der Waals surface area contributed by atoms with Gasteiger partial charge in [0.05, 0.1) is 21.6 Å². The molecule has 5 nitrogen and oxygen atoms in total. The van der Waals surface area contributed by atoms with Crippen molar-refractivity contribution in [2.75, 3.05) is 13.1 Å². The quantitative estimate of drug-likeness (QED) is 0.687. The van der Waals surface area contributed by atoms with Crippen molar-refractivity contribution in [2.24, 2.45) is 12.2 Å². The zero-order valence-corrected chi connectivity index (χ0v) is 12.4. The van der Waals surface area contributed by atoms with Gasteiger partial charge >= 0.3 is 0 Å². The largest absolute Gasteiger partial charge is 0.411 e. The van der Waals surface area contributed by atoms with Gasteiger partial charge in [-0.25, -0.2) is 0 Å². The molecule has 1 aliphatic heterocycles. The molecule has 0 amide bonds. The van der Waals surface area contributed by atoms with Crippen molar-refractivity contribution in [3.8, 4) is 0 Å². The number of hydrogen-bond donors (Lipinski definition) is 1. The minimum absolute atomic E-state index is 0.854. The summed E-state index contributed by atoms with van der Waals surface area (Å²) in [6.07, 6.45) is 2.65. The smallest absolute Gasteiger partial charge is 0.0767 e. The molecule has 0 unspecified atom stereocenters. The van der Waals surface area contributed by atoms with Crippen LogP contribution in [0.25, 0.3) is 0 Å². The summed E-state index contributed by atoms with van der Waals surface area (Å²) in [5.74, 6) is 0. The van der Waals surface area contributed by atoms with Crippen molar-refractivity contribution in [1.82, 2.24) is 14.7 Å². The molecule has 1 fully saturated rings. The molecule has 100 valence electrons. The molecular formula is C12H19BrN4O. The Bertz CT molecular complexity index is 445. The highest BCUT2D eigenvalue weighted by Gasteiger charge is 2.19. The highest BCUT2D eigenvalue weighted by Crippen LogP contribution is 2.23. The van der Waals surface area contributed by atoms with E-state index in [-0.39, 0.29) is 0 Å². The fourth-order valence-corrected chi connectivity index (χ4v) is 3.01. The summed E-state index contributed by atoms with van der Waals surface area (Å²) in [6, 6.07) is 0. The van der Waals surface area contributed by atoms with E-state index in [1.54, 1.807) is 0 Å². The summed E-state index contributed by atoms with van der Waals surface area (Å²) < 4.78 is 3.09. The fraction of sp³-hybridized carbons (Fsp3) is 0.667. The van der Waals surface area contributed by atoms with E-state index in [4.69, 9.17) is 5.21 Å². The molecule has 2 heterocycles. The zero-order valence-electron chi connectivity index (χ0n) is 10.9. The molecule has 0 aromatic carbocycles. The molecule has 18 heavy (non-hydrogen) atoms. The number of hydrogen-bond acceptors (Lipinski definition) is 4. The van der Waals surface area contributed by atoms with Crippen molar-refractivity contribution in [3.63, 3.8) is 0 Å². The van der Waals surface area contributed by atoms with Gasteiger partial charge in [0.1, 0.15) is 0 Å². The van der Waals surface area contributed by atoms with Crippen molar-refractivity contribution in [1.29, 1.82) is 0 Å². The minimum atomic E-state index is 0.854. The van der Waals surface area contributed by atoms with E-state index in [9.17, 15) is 0 Å². The van der Waals surface area contributed by atoms with E-state index in [1.165, 1.54) is 5.69 Å². The first-order valence-corrected chi connectivity index (χ1v) is 7.07. The lowest BCUT2D eigenvalue weighted by molar-refractivity contribution is 0.250. The monoisotopic (exact) mass is 314 g/mol. The number of rotatable bonds is 3. The van der Waals surface area contributed by atoms with Gasteiger partial charge in [-0.1, -0.05) is 12.1 Å². The summed E-state index contributed by atoms with van der Waals surface area (Å²) >= 11 is 3.64. The van der Waals surface area contributed by atoms with Gasteiger partial charge in [-0.05, 0) is 22.4 Å². The molecule has 0 aliphatic carbocycles. The molecule has 6 heteroatoms. The highest BCUT2D eigenvalue weighted by molar-refractivity contribution is 9.10. The second-order valence-corrected chi connectivity index (χ2v) is 5.42. The van der Waals surface area contributed by atoms with Crippen LogP contribution in [-0.4, -0.2) is 38.7 Å². The number of aromatic nitrogens is 2. The Morgan fingerprint density at radius 1 is 1.39 bits per heavy atom. The third-order valence-corrected chi connectivity index (χ3v) is 4.37. The molecule has 1 aromatic rings. The third kappa shape index (κ3) is 2.75. The Hall–Kier alpha value is -0.880. The average Bonchev–Trinajstić information content (AvgIpc) is 2.67. The fourth-order valence-electron chi connectivity index (χ4n) is 2.27. The minimum Gasteiger partial charge on any atom is -0.411 e. The zero-order chi connectivity index (χ0) is 13.1. The molecule has 1 aromatic heterocycles. The SMILES string of the molecule is CCc1nn(C)c(CN2CCC(=NO)CC2)c1Br. The van der Waals surface area contributed by atoms with Crippen LogP contribution in [0.4, 0.5) is 0 Å². The highest BCUT2D eigenvalue weighted by atomic mass is 79.9. The van der Waals surface area contributed by atoms with Crippen LogP contribution in [0.15, 0.2) is 9.63 Å². The first kappa shape index (κ1) is 13.5. The Labute approximate surface area is 116 Å². The topological polar surface area (TPSA) is 53.7 Å². The molecule has 0 spiro atoms. The summed E-state index contributed by atoms with van der Waals surface area (Å²) in [5.41, 5.74) is 3.24. The van der Waals surface area contributed by atoms with E-state index in [0.29, 0.717) is 0 Å². The third-order valence-electron chi connectivity index (χ3n) is 3.45. The second kappa shape index (κ2) is 5.84. The molecule has 0 radical (unpaired) electrons. The number of halogens is 1. The molecule has 0 bridgehead atoms. The maximum absolute atomic E-state index is 8.74. The van der Waals surface area contributed by atoms with Crippen LogP contribution in [-0.2, 0) is 20.0 Å². The van der Waals surface area contributed by atoms with Gasteiger partial charge in [0.25, 0.3) is 0 Å². The second-order valence-electron chi connectivity index (χ2n) is 4.63. The van der Waals surface area contributed by atoms with Crippen LogP contribution in [0.1, 0.15) is 31.2 Å². The van der Waals surface area contributed by atoms with E-state index in [0.717, 1.165) is 54.8 Å². The van der Waals surface area contributed by atoms with Gasteiger partial charge in [-0.15, -0.1) is 0 Å². The van der Waals surface area contributed by atoms with Crippen LogP contribution < -0.4 is 0 Å². The molecule has 0 atom stereocenters. The molecule has 1 aliphatic rings. The summed E-state index contributed by atoms with van der Waals surface area (Å²) in [5, 5.41) is 16.5. The lowest BCUT2D eigenvalue weighted by Crippen LogP contribution is -2.34. The van der Waals surface area contributed by atoms with Crippen LogP contribution in [0.3, 0.4) is 0 Å². The van der Waals surface area contributed by atoms with Crippen LogP contribution >= 0.6 is 15.9 Å². The number of aryl methyl sites for hydroxylation is 2. The summed E-state index contributed by atoms with van der Waals surface area (Å²) in [6.45, 7) is 4.89. The predicted octanol–water partition coefficient (Wildman–Crippen LogP) is 2.17. The predicted molar refractivity (Wildman–Crippen MR) is 74.0 cm³/mol. The number of nitrogens with zero attached hydrogens (tertiary/aromatic N) is 4. The lowest BCUT2D eigenvalue weighted by atomic mass is 10.1. The molecular weight excluding hydrogens is 296 g/mol. The van der Waals surface area contributed by atoms with Gasteiger partial charge in [0, 0.05) is 39.5 Å². The van der Waals surface area contributed by atoms with E-state index >= 15 is 0 Å². The molecule has 0 saturated carbocycles. The summed E-state index contributed by atoms with van der Waals surface area (Å²) in [4.78, 5) is 2.37. The molecule has 1 N–H and O–H groups in total. The van der Waals surface area contributed by atoms with Crippen molar-refractivity contribution in [2.45, 2.75) is 32.7 Å². The Kier molecular flexibility index (Phi) is 4.40. The standard InChI is InChI=1S/C12H19BrN4O/c1-3-10-12(13)11(16(2)14-10)8-17-6-4-9(15-18)5-7-17/h18H,3-8H2,1-2H3. The van der Waals surface area contributed by atoms with E-state index < -0.39 is 0 Å². The molecule has 1 saturated heterocycles. The van der Waals surface area contributed by atoms with E-state index in [1.807, 2.05) is 11.7 Å². The van der Waals surface area contributed by atoms with Gasteiger partial charge in [0.2, 0.25) is 0 Å². The maximum Gasteiger partial charge on any atom is 0.0767 e. The number of likely N-dealkylation sites (tertiary alicyclic amines) is 1. The first-order chi connectivity index (χ1) is 8.65. The number of piperidine rings is 1. The van der Waals surface area contributed by atoms with E-state index in [2.05, 4.69) is 38.0 Å². The Balaban J connectivity index is 2.04. The molecule has 2 rings (SSSR count). The van der Waals surface area contributed by atoms with Crippen LogP contribution in [0.5, 0.6) is 0 Å². The maximum atomic E-state index is 8.74. The van der Waals surface area contributed by atoms with Gasteiger partial charge in [-0.3, -0.25) is 9.58 Å². The van der Waals surface area contributed by atoms with Crippen molar-refractivity contribution < 1.29 is 5.21 Å². The summed E-state index contributed by atoms with van der Waals surface area (Å²) in [7, 11) is 1.99. The van der Waals surface area contributed by atoms with Gasteiger partial charge in [-0.2, -0.15) is 5.10 Å². The van der Waals surface area contributed by atoms with Crippen molar-refractivity contribution in [3.05, 3.63) is 15.9 Å². The Morgan fingerprint density at radius 3 is 2.56 bits per heavy atom. The Morgan fingerprint density at radius 2 is 2.06 bits per heavy atom. The van der Waals surface area contributed by atoms with Crippen LogP contribution in [0, 0.1) is 0 Å². The van der Waals surface area contributed by atoms with Crippen LogP contribution in [0.2, 0.25) is 0 Å². The normalized spacial score (nSPS) is 17.2. The van der Waals surface area contributed by atoms with Crippen molar-refractivity contribution >= 4 is 21.6 Å².